The Balaban J connectivity index is 3.46. The van der Waals surface area contributed by atoms with Gasteiger partial charge in [-0.25, -0.2) is 0 Å². The number of anilines is 1. The van der Waals surface area contributed by atoms with Crippen LogP contribution in [-0.4, -0.2) is 0 Å². The molecule has 1 rings (SSSR count). The van der Waals surface area contributed by atoms with Gasteiger partial charge in [0, 0.05) is 0 Å². The van der Waals surface area contributed by atoms with Crippen molar-refractivity contribution in [3.05, 3.63) is 23.0 Å². The van der Waals surface area contributed by atoms with Crippen LogP contribution in [0.25, 0.3) is 0 Å². The molecule has 0 aliphatic rings. The zero-order chi connectivity index (χ0) is 8.59. The summed E-state index contributed by atoms with van der Waals surface area (Å²) in [6.45, 7) is 3.69. The van der Waals surface area contributed by atoms with Gasteiger partial charge in [-0.3, -0.25) is 0 Å². The zero-order valence-corrected chi connectivity index (χ0v) is 12.2. The molecular weight excluding hydrogens is 330 g/mol. The first kappa shape index (κ1) is 8.98. The molecule has 0 heterocycles. The van der Waals surface area contributed by atoms with E-state index < -0.39 is 0 Å². The molecule has 2 N–H and O–H groups in total. The van der Waals surface area contributed by atoms with Crippen LogP contribution in [0, 0.1) is 19.7 Å². The average Bonchev–Trinajstić information content (AvgIpc) is 1.97. The van der Waals surface area contributed by atoms with E-state index in [9.17, 15) is 4.39 Å². The van der Waals surface area contributed by atoms with Crippen molar-refractivity contribution in [2.45, 2.75) is 13.8 Å². The van der Waals surface area contributed by atoms with E-state index in [1.807, 2.05) is 6.92 Å². The Morgan fingerprint density at radius 3 is 2.45 bits per heavy atom. The van der Waals surface area contributed by atoms with Gasteiger partial charge >= 0.3 is 81.9 Å². The van der Waals surface area contributed by atoms with Gasteiger partial charge < -0.3 is 0 Å². The maximum absolute atomic E-state index is 13.1. The molecule has 0 aliphatic heterocycles. The molecule has 11 heavy (non-hydrogen) atoms. The minimum atomic E-state index is -0.101. The Labute approximate surface area is 81.8 Å². The van der Waals surface area contributed by atoms with Crippen LogP contribution in [0.15, 0.2) is 6.07 Å². The molecule has 0 amide bonds. The van der Waals surface area contributed by atoms with Crippen molar-refractivity contribution in [2.24, 2.45) is 0 Å². The van der Waals surface area contributed by atoms with Gasteiger partial charge in [-0.1, -0.05) is 0 Å². The van der Waals surface area contributed by atoms with Crippen molar-refractivity contribution in [2.75, 3.05) is 5.73 Å². The number of hydrogen-bond acceptors (Lipinski definition) is 1. The summed E-state index contributed by atoms with van der Waals surface area (Å²) in [6.07, 6.45) is 0. The van der Waals surface area contributed by atoms with Crippen LogP contribution in [0.4, 0.5) is 10.1 Å². The van der Waals surface area contributed by atoms with E-state index in [1.54, 1.807) is 13.0 Å². The molecule has 3 heteroatoms. The van der Waals surface area contributed by atoms with E-state index >= 15 is 0 Å². The quantitative estimate of drug-likeness (QED) is 0.558. The molecule has 0 fully saturated rings. The summed E-state index contributed by atoms with van der Waals surface area (Å²) in [4.78, 5) is 0. The third-order valence-corrected chi connectivity index (χ3v) is 4.48. The monoisotopic (exact) mass is 340 g/mol. The fourth-order valence-corrected chi connectivity index (χ4v) is 3.23. The Kier molecular flexibility index (Phi) is 2.52. The SMILES string of the molecule is Cc1cc(C)c(F)[c]([Hg])c1N. The average molecular weight is 339 g/mol. The second kappa shape index (κ2) is 3.09. The van der Waals surface area contributed by atoms with Gasteiger partial charge in [-0.05, 0) is 0 Å². The van der Waals surface area contributed by atoms with Crippen LogP contribution < -0.4 is 8.81 Å². The normalized spacial score (nSPS) is 10.3. The van der Waals surface area contributed by atoms with Crippen molar-refractivity contribution >= 4 is 8.76 Å². The fourth-order valence-electron chi connectivity index (χ4n) is 1.06. The predicted molar refractivity (Wildman–Crippen MR) is 39.9 cm³/mol. The zero-order valence-electron chi connectivity index (χ0n) is 6.74. The van der Waals surface area contributed by atoms with Crippen molar-refractivity contribution in [3.63, 3.8) is 0 Å². The van der Waals surface area contributed by atoms with Gasteiger partial charge in [0.1, 0.15) is 0 Å². The van der Waals surface area contributed by atoms with E-state index in [0.29, 0.717) is 11.3 Å². The topological polar surface area (TPSA) is 26.0 Å². The number of aryl methyl sites for hydroxylation is 2. The van der Waals surface area contributed by atoms with Crippen molar-refractivity contribution in [1.29, 1.82) is 0 Å². The van der Waals surface area contributed by atoms with E-state index in [1.165, 1.54) is 0 Å². The Morgan fingerprint density at radius 1 is 1.36 bits per heavy atom. The van der Waals surface area contributed by atoms with Gasteiger partial charge in [0.15, 0.2) is 0 Å². The predicted octanol–water partition coefficient (Wildman–Crippen LogP) is 1.20. The summed E-state index contributed by atoms with van der Waals surface area (Å²) < 4.78 is 13.9. The first-order valence-electron chi connectivity index (χ1n) is 3.41. The first-order valence-corrected chi connectivity index (χ1v) is 6.16. The molecule has 0 unspecified atom stereocenters. The second-order valence-corrected chi connectivity index (χ2v) is 5.47. The molecule has 1 nitrogen and oxygen atoms in total. The molecule has 0 saturated carbocycles. The molecule has 0 spiro atoms. The van der Waals surface area contributed by atoms with Crippen molar-refractivity contribution in [1.82, 2.24) is 0 Å². The number of nitrogen functional groups attached to an aromatic ring is 1. The fraction of sp³-hybridized carbons (Fsp3) is 0.250. The van der Waals surface area contributed by atoms with Crippen LogP contribution >= 0.6 is 0 Å². The molecule has 55 valence electrons. The van der Waals surface area contributed by atoms with Gasteiger partial charge in [-0.15, -0.1) is 0 Å². The van der Waals surface area contributed by atoms with Gasteiger partial charge in [0.05, 0.1) is 0 Å². The van der Waals surface area contributed by atoms with Crippen LogP contribution in [0.1, 0.15) is 11.1 Å². The van der Waals surface area contributed by atoms with Gasteiger partial charge in [0.25, 0.3) is 0 Å². The Morgan fingerprint density at radius 2 is 1.91 bits per heavy atom. The third kappa shape index (κ3) is 1.55. The maximum atomic E-state index is 13.1. The van der Waals surface area contributed by atoms with E-state index in [0.717, 1.165) is 8.64 Å². The van der Waals surface area contributed by atoms with Crippen LogP contribution in [-0.2, 0) is 26.1 Å². The number of nitrogens with two attached hydrogens (primary N) is 1. The molecular formula is C8H9FHgN. The summed E-state index contributed by atoms with van der Waals surface area (Å²) in [5, 5.41) is 0. The van der Waals surface area contributed by atoms with Crippen LogP contribution in [0.2, 0.25) is 0 Å². The molecule has 0 aromatic heterocycles. The van der Waals surface area contributed by atoms with E-state index in [-0.39, 0.29) is 31.9 Å². The number of rotatable bonds is 0. The van der Waals surface area contributed by atoms with E-state index in [4.69, 9.17) is 5.73 Å². The summed E-state index contributed by atoms with van der Waals surface area (Å²) in [5.41, 5.74) is 8.01. The molecule has 0 radical (unpaired) electrons. The first-order chi connectivity index (χ1) is 5.04. The minimum absolute atomic E-state index is 0.101. The Bertz CT molecular complexity index is 270. The van der Waals surface area contributed by atoms with Gasteiger partial charge in [-0.2, -0.15) is 0 Å². The standard InChI is InChI=1S/C8H9FN.Hg/c1-5-3-6(2)8(10)4-7(5)9;/h3H,10H2,1-2H3;. The molecule has 0 aliphatic carbocycles. The van der Waals surface area contributed by atoms with Crippen LogP contribution in [0.5, 0.6) is 0 Å². The third-order valence-electron chi connectivity index (χ3n) is 1.79. The molecule has 0 atom stereocenters. The summed E-state index contributed by atoms with van der Waals surface area (Å²) >= 11 is 0.266. The molecule has 0 saturated heterocycles. The van der Waals surface area contributed by atoms with E-state index in [2.05, 4.69) is 0 Å². The molecule has 1 aromatic carbocycles. The summed E-state index contributed by atoms with van der Waals surface area (Å²) in [6, 6.07) is 1.79. The molecule has 0 bridgehead atoms. The molecule has 1 aromatic rings. The summed E-state index contributed by atoms with van der Waals surface area (Å²) in [5.74, 6) is -0.101. The van der Waals surface area contributed by atoms with Gasteiger partial charge in [0.2, 0.25) is 0 Å². The number of hydrogen-bond donors (Lipinski definition) is 1. The second-order valence-electron chi connectivity index (χ2n) is 2.72. The Hall–Kier alpha value is -0.115. The number of halogens is 1. The van der Waals surface area contributed by atoms with Crippen molar-refractivity contribution < 1.29 is 30.5 Å². The number of benzene rings is 1. The van der Waals surface area contributed by atoms with Crippen LogP contribution in [0.3, 0.4) is 0 Å². The summed E-state index contributed by atoms with van der Waals surface area (Å²) in [7, 11) is 0. The van der Waals surface area contributed by atoms with Crippen molar-refractivity contribution in [3.8, 4) is 0 Å².